The number of benzene rings is 2. The molecule has 108 valence electrons. The molecular formula is C14H7BrF3NO2. The molecule has 0 aliphatic carbocycles. The van der Waals surface area contributed by atoms with E-state index in [-0.39, 0.29) is 11.5 Å². The highest BCUT2D eigenvalue weighted by Crippen LogP contribution is 2.40. The first-order chi connectivity index (χ1) is 9.90. The van der Waals surface area contributed by atoms with Crippen molar-refractivity contribution in [3.8, 4) is 17.2 Å². The Balaban J connectivity index is 2.00. The van der Waals surface area contributed by atoms with E-state index >= 15 is 0 Å². The topological polar surface area (TPSA) is 30.8 Å². The number of rotatable bonds is 1. The third-order valence-electron chi connectivity index (χ3n) is 2.70. The molecule has 7 heteroatoms. The van der Waals surface area contributed by atoms with Gasteiger partial charge in [-0.25, -0.2) is 0 Å². The van der Waals surface area contributed by atoms with Gasteiger partial charge in [0.1, 0.15) is 17.2 Å². The zero-order valence-electron chi connectivity index (χ0n) is 10.3. The van der Waals surface area contributed by atoms with Crippen LogP contribution in [-0.2, 0) is 0 Å². The van der Waals surface area contributed by atoms with E-state index in [4.69, 9.17) is 4.74 Å². The van der Waals surface area contributed by atoms with Gasteiger partial charge in [0, 0.05) is 22.3 Å². The van der Waals surface area contributed by atoms with Crippen LogP contribution in [0.4, 0.5) is 18.9 Å². The summed E-state index contributed by atoms with van der Waals surface area (Å²) in [5.74, 6) is 0.343. The highest BCUT2D eigenvalue weighted by Gasteiger charge is 2.31. The summed E-state index contributed by atoms with van der Waals surface area (Å²) in [5.41, 5.74) is 1.16. The molecule has 0 saturated heterocycles. The van der Waals surface area contributed by atoms with E-state index in [9.17, 15) is 13.2 Å². The quantitative estimate of drug-likeness (QED) is 0.598. The number of hydrogen-bond donors (Lipinski definition) is 0. The molecule has 0 radical (unpaired) electrons. The molecule has 21 heavy (non-hydrogen) atoms. The van der Waals surface area contributed by atoms with Gasteiger partial charge in [-0.1, -0.05) is 15.9 Å². The minimum Gasteiger partial charge on any atom is -0.454 e. The SMILES string of the molecule is FC(F)(F)Oc1ccc2c(c1)Oc1cc(Br)ccc1C=N2. The second-order valence-electron chi connectivity index (χ2n) is 4.22. The number of fused-ring (bicyclic) bond motifs is 2. The van der Waals surface area contributed by atoms with Gasteiger partial charge in [-0.05, 0) is 30.3 Å². The number of nitrogens with zero attached hydrogens (tertiary/aromatic N) is 1. The number of halogens is 4. The van der Waals surface area contributed by atoms with Crippen molar-refractivity contribution in [3.63, 3.8) is 0 Å². The molecular weight excluding hydrogens is 351 g/mol. The summed E-state index contributed by atoms with van der Waals surface area (Å²) < 4.78 is 47.0. The Bertz CT molecular complexity index is 729. The number of ether oxygens (including phenoxy) is 2. The first-order valence-corrected chi connectivity index (χ1v) is 6.61. The number of alkyl halides is 3. The average Bonchev–Trinajstić information content (AvgIpc) is 2.54. The highest BCUT2D eigenvalue weighted by molar-refractivity contribution is 9.10. The van der Waals surface area contributed by atoms with E-state index < -0.39 is 6.36 Å². The summed E-state index contributed by atoms with van der Waals surface area (Å²) in [4.78, 5) is 4.19. The van der Waals surface area contributed by atoms with Crippen LogP contribution in [0, 0.1) is 0 Å². The fourth-order valence-corrected chi connectivity index (χ4v) is 2.18. The van der Waals surface area contributed by atoms with Crippen LogP contribution >= 0.6 is 15.9 Å². The predicted octanol–water partition coefficient (Wildman–Crippen LogP) is 5.20. The number of aliphatic imine (C=N–C) groups is 1. The summed E-state index contributed by atoms with van der Waals surface area (Å²) in [7, 11) is 0. The predicted molar refractivity (Wildman–Crippen MR) is 74.6 cm³/mol. The monoisotopic (exact) mass is 357 g/mol. The molecule has 0 amide bonds. The Hall–Kier alpha value is -2.02. The van der Waals surface area contributed by atoms with Gasteiger partial charge >= 0.3 is 6.36 Å². The lowest BCUT2D eigenvalue weighted by Gasteiger charge is -2.12. The van der Waals surface area contributed by atoms with Gasteiger partial charge in [0.15, 0.2) is 5.75 Å². The minimum atomic E-state index is -4.75. The maximum Gasteiger partial charge on any atom is 0.573 e. The molecule has 0 bridgehead atoms. The first kappa shape index (κ1) is 13.9. The molecule has 3 nitrogen and oxygen atoms in total. The Morgan fingerprint density at radius 2 is 1.86 bits per heavy atom. The standard InChI is InChI=1S/C14H7BrF3NO2/c15-9-2-1-8-7-19-11-4-3-10(21-14(16,17)18)6-13(11)20-12(8)5-9/h1-7H. The molecule has 0 atom stereocenters. The van der Waals surface area contributed by atoms with Gasteiger partial charge in [-0.15, -0.1) is 13.2 Å². The van der Waals surface area contributed by atoms with Crippen LogP contribution in [0.2, 0.25) is 0 Å². The normalized spacial score (nSPS) is 13.0. The molecule has 0 unspecified atom stereocenters. The second kappa shape index (κ2) is 5.07. The fraction of sp³-hybridized carbons (Fsp3) is 0.0714. The van der Waals surface area contributed by atoms with Crippen molar-refractivity contribution in [2.45, 2.75) is 6.36 Å². The third kappa shape index (κ3) is 3.18. The van der Waals surface area contributed by atoms with Gasteiger partial charge in [0.2, 0.25) is 0 Å². The van der Waals surface area contributed by atoms with Crippen LogP contribution in [-0.4, -0.2) is 12.6 Å². The van der Waals surface area contributed by atoms with E-state index in [1.165, 1.54) is 12.1 Å². The van der Waals surface area contributed by atoms with Crippen molar-refractivity contribution < 1.29 is 22.6 Å². The number of hydrogen-bond acceptors (Lipinski definition) is 3. The van der Waals surface area contributed by atoms with Crippen molar-refractivity contribution in [1.82, 2.24) is 0 Å². The minimum absolute atomic E-state index is 0.199. The van der Waals surface area contributed by atoms with Gasteiger partial charge < -0.3 is 9.47 Å². The van der Waals surface area contributed by atoms with E-state index in [1.807, 2.05) is 6.07 Å². The third-order valence-corrected chi connectivity index (χ3v) is 3.20. The molecule has 0 saturated carbocycles. The maximum absolute atomic E-state index is 12.2. The lowest BCUT2D eigenvalue weighted by Crippen LogP contribution is -2.17. The van der Waals surface area contributed by atoms with Crippen LogP contribution < -0.4 is 9.47 Å². The summed E-state index contributed by atoms with van der Waals surface area (Å²) in [5, 5.41) is 0. The smallest absolute Gasteiger partial charge is 0.454 e. The molecule has 0 N–H and O–H groups in total. The lowest BCUT2D eigenvalue weighted by atomic mass is 10.2. The average molecular weight is 358 g/mol. The van der Waals surface area contributed by atoms with Crippen LogP contribution in [0.15, 0.2) is 45.9 Å². The van der Waals surface area contributed by atoms with Crippen molar-refractivity contribution in [2.24, 2.45) is 4.99 Å². The lowest BCUT2D eigenvalue weighted by molar-refractivity contribution is -0.274. The van der Waals surface area contributed by atoms with E-state index in [0.29, 0.717) is 11.4 Å². The van der Waals surface area contributed by atoms with E-state index in [0.717, 1.165) is 16.1 Å². The Labute approximate surface area is 126 Å². The molecule has 2 aromatic rings. The van der Waals surface area contributed by atoms with Crippen LogP contribution in [0.3, 0.4) is 0 Å². The molecule has 2 aromatic carbocycles. The largest absolute Gasteiger partial charge is 0.573 e. The van der Waals surface area contributed by atoms with Gasteiger partial charge in [0.05, 0.1) is 0 Å². The highest BCUT2D eigenvalue weighted by atomic mass is 79.9. The summed E-state index contributed by atoms with van der Waals surface area (Å²) in [6.45, 7) is 0. The fourth-order valence-electron chi connectivity index (χ4n) is 1.84. The van der Waals surface area contributed by atoms with Crippen LogP contribution in [0.1, 0.15) is 5.56 Å². The summed E-state index contributed by atoms with van der Waals surface area (Å²) in [6.07, 6.45) is -3.15. The molecule has 1 heterocycles. The van der Waals surface area contributed by atoms with E-state index in [1.54, 1.807) is 18.3 Å². The van der Waals surface area contributed by atoms with Gasteiger partial charge in [0.25, 0.3) is 0 Å². The zero-order valence-corrected chi connectivity index (χ0v) is 11.9. The second-order valence-corrected chi connectivity index (χ2v) is 5.14. The molecule has 0 fully saturated rings. The zero-order chi connectivity index (χ0) is 15.0. The Morgan fingerprint density at radius 1 is 1.05 bits per heavy atom. The Kier molecular flexibility index (Phi) is 3.36. The van der Waals surface area contributed by atoms with Gasteiger partial charge in [-0.2, -0.15) is 0 Å². The Morgan fingerprint density at radius 3 is 2.62 bits per heavy atom. The molecule has 0 spiro atoms. The van der Waals surface area contributed by atoms with Crippen LogP contribution in [0.25, 0.3) is 0 Å². The molecule has 1 aliphatic rings. The van der Waals surface area contributed by atoms with E-state index in [2.05, 4.69) is 25.7 Å². The molecule has 1 aliphatic heterocycles. The van der Waals surface area contributed by atoms with Crippen molar-refractivity contribution in [3.05, 3.63) is 46.4 Å². The van der Waals surface area contributed by atoms with Gasteiger partial charge in [-0.3, -0.25) is 4.99 Å². The van der Waals surface area contributed by atoms with Crippen molar-refractivity contribution in [2.75, 3.05) is 0 Å². The van der Waals surface area contributed by atoms with Crippen molar-refractivity contribution >= 4 is 27.8 Å². The van der Waals surface area contributed by atoms with Crippen molar-refractivity contribution in [1.29, 1.82) is 0 Å². The first-order valence-electron chi connectivity index (χ1n) is 5.82. The molecule has 0 aromatic heterocycles. The maximum atomic E-state index is 12.2. The summed E-state index contributed by atoms with van der Waals surface area (Å²) >= 11 is 3.31. The molecule has 3 rings (SSSR count). The summed E-state index contributed by atoms with van der Waals surface area (Å²) in [6, 6.07) is 9.10. The van der Waals surface area contributed by atoms with Crippen LogP contribution in [0.5, 0.6) is 17.2 Å².